The van der Waals surface area contributed by atoms with Gasteiger partial charge < -0.3 is 5.32 Å². The molecule has 0 saturated carbocycles. The number of piperidine rings is 1. The zero-order chi connectivity index (χ0) is 14.7. The summed E-state index contributed by atoms with van der Waals surface area (Å²) in [6.07, 6.45) is 2.63. The zero-order valence-electron chi connectivity index (χ0n) is 13.0. The van der Waals surface area contributed by atoms with E-state index in [4.69, 9.17) is 4.98 Å². The van der Waals surface area contributed by atoms with E-state index in [0.717, 1.165) is 18.0 Å². The summed E-state index contributed by atoms with van der Waals surface area (Å²) in [5.41, 5.74) is 2.29. The van der Waals surface area contributed by atoms with Gasteiger partial charge in [0.1, 0.15) is 0 Å². The first-order valence-corrected chi connectivity index (χ1v) is 8.00. The van der Waals surface area contributed by atoms with Crippen LogP contribution in [-0.4, -0.2) is 36.1 Å². The van der Waals surface area contributed by atoms with Crippen molar-refractivity contribution in [3.63, 3.8) is 0 Å². The van der Waals surface area contributed by atoms with Gasteiger partial charge in [-0.15, -0.1) is 0 Å². The number of fused-ring (bicyclic) bond motifs is 1. The van der Waals surface area contributed by atoms with Crippen molar-refractivity contribution in [1.29, 1.82) is 0 Å². The van der Waals surface area contributed by atoms with Gasteiger partial charge in [0.25, 0.3) is 0 Å². The van der Waals surface area contributed by atoms with Crippen LogP contribution in [0.5, 0.6) is 0 Å². The monoisotopic (exact) mass is 283 g/mol. The molecule has 0 bridgehead atoms. The van der Waals surface area contributed by atoms with E-state index >= 15 is 0 Å². The highest BCUT2D eigenvalue weighted by Gasteiger charge is 2.23. The molecule has 0 aliphatic carbocycles. The van der Waals surface area contributed by atoms with E-state index in [9.17, 15) is 0 Å². The lowest BCUT2D eigenvalue weighted by molar-refractivity contribution is 0.145. The van der Waals surface area contributed by atoms with E-state index in [1.165, 1.54) is 37.0 Å². The van der Waals surface area contributed by atoms with E-state index in [2.05, 4.69) is 60.6 Å². The molecule has 0 spiro atoms. The van der Waals surface area contributed by atoms with Gasteiger partial charge in [-0.1, -0.05) is 24.3 Å². The summed E-state index contributed by atoms with van der Waals surface area (Å²) in [6.45, 7) is 5.64. The average Bonchev–Trinajstić information content (AvgIpc) is 2.54. The maximum Gasteiger partial charge on any atom is 0.0705 e. The second kappa shape index (κ2) is 6.54. The van der Waals surface area contributed by atoms with Gasteiger partial charge in [0.05, 0.1) is 11.2 Å². The Kier molecular flexibility index (Phi) is 4.51. The molecule has 0 amide bonds. The number of hydrogen-bond donors (Lipinski definition) is 1. The number of benzene rings is 1. The van der Waals surface area contributed by atoms with E-state index in [1.54, 1.807) is 0 Å². The highest BCUT2D eigenvalue weighted by molar-refractivity contribution is 5.78. The number of likely N-dealkylation sites (tertiary alicyclic amines) is 1. The molecule has 2 aromatic rings. The number of hydrogen-bond acceptors (Lipinski definition) is 3. The predicted molar refractivity (Wildman–Crippen MR) is 88.3 cm³/mol. The van der Waals surface area contributed by atoms with E-state index in [1.807, 2.05) is 0 Å². The first-order chi connectivity index (χ1) is 10.3. The number of para-hydroxylation sites is 1. The molecule has 1 aliphatic rings. The topological polar surface area (TPSA) is 28.2 Å². The minimum Gasteiger partial charge on any atom is -0.317 e. The number of nitrogens with one attached hydrogen (secondary N) is 1. The third kappa shape index (κ3) is 3.42. The lowest BCUT2D eigenvalue weighted by Crippen LogP contribution is -2.43. The van der Waals surface area contributed by atoms with Crippen molar-refractivity contribution >= 4 is 10.9 Å². The van der Waals surface area contributed by atoms with Gasteiger partial charge in [-0.05, 0) is 51.4 Å². The van der Waals surface area contributed by atoms with Crippen LogP contribution < -0.4 is 5.32 Å². The van der Waals surface area contributed by atoms with Crippen LogP contribution in [0.3, 0.4) is 0 Å². The van der Waals surface area contributed by atoms with Gasteiger partial charge in [0, 0.05) is 24.5 Å². The van der Waals surface area contributed by atoms with Crippen LogP contribution in [0.1, 0.15) is 25.5 Å². The summed E-state index contributed by atoms with van der Waals surface area (Å²) < 4.78 is 0. The van der Waals surface area contributed by atoms with Crippen molar-refractivity contribution in [2.45, 2.75) is 32.4 Å². The van der Waals surface area contributed by atoms with Gasteiger partial charge in [-0.3, -0.25) is 9.88 Å². The fourth-order valence-corrected chi connectivity index (χ4v) is 3.30. The van der Waals surface area contributed by atoms with Crippen molar-refractivity contribution in [2.24, 2.45) is 5.92 Å². The molecule has 1 N–H and O–H groups in total. The van der Waals surface area contributed by atoms with Crippen LogP contribution in [0.4, 0.5) is 0 Å². The number of pyridine rings is 1. The molecule has 3 nitrogen and oxygen atoms in total. The van der Waals surface area contributed by atoms with Gasteiger partial charge in [-0.25, -0.2) is 0 Å². The van der Waals surface area contributed by atoms with Gasteiger partial charge >= 0.3 is 0 Å². The Labute approximate surface area is 127 Å². The predicted octanol–water partition coefficient (Wildman–Crippen LogP) is 3.05. The Morgan fingerprint density at radius 2 is 2.14 bits per heavy atom. The Balaban J connectivity index is 1.69. The second-order valence-corrected chi connectivity index (χ2v) is 6.21. The summed E-state index contributed by atoms with van der Waals surface area (Å²) in [5, 5.41) is 4.62. The van der Waals surface area contributed by atoms with Crippen molar-refractivity contribution < 1.29 is 0 Å². The zero-order valence-corrected chi connectivity index (χ0v) is 13.0. The quantitative estimate of drug-likeness (QED) is 0.935. The molecule has 1 aliphatic heterocycles. The van der Waals surface area contributed by atoms with E-state index < -0.39 is 0 Å². The maximum atomic E-state index is 4.80. The SMILES string of the molecule is CNC(C)C1CCCN(Cc2ccc3ccccc3n2)C1. The molecule has 2 atom stereocenters. The Bertz CT molecular complexity index is 596. The van der Waals surface area contributed by atoms with Gasteiger partial charge in [-0.2, -0.15) is 0 Å². The molecule has 1 fully saturated rings. The Hall–Kier alpha value is -1.45. The first-order valence-electron chi connectivity index (χ1n) is 8.00. The molecule has 2 unspecified atom stereocenters. The summed E-state index contributed by atoms with van der Waals surface area (Å²) >= 11 is 0. The molecule has 2 heterocycles. The molecule has 1 aromatic carbocycles. The molecule has 1 aromatic heterocycles. The third-order valence-corrected chi connectivity index (χ3v) is 4.75. The normalized spacial score (nSPS) is 21.5. The van der Waals surface area contributed by atoms with Crippen LogP contribution in [0.2, 0.25) is 0 Å². The standard InChI is InChI=1S/C18H25N3/c1-14(19-2)16-7-5-11-21(12-16)13-17-10-9-15-6-3-4-8-18(15)20-17/h3-4,6,8-10,14,16,19H,5,7,11-13H2,1-2H3. The first kappa shape index (κ1) is 14.5. The maximum absolute atomic E-state index is 4.80. The minimum atomic E-state index is 0.595. The molecule has 3 rings (SSSR count). The van der Waals surface area contributed by atoms with Gasteiger partial charge in [0.15, 0.2) is 0 Å². The van der Waals surface area contributed by atoms with Crippen LogP contribution in [-0.2, 0) is 6.54 Å². The van der Waals surface area contributed by atoms with Crippen molar-refractivity contribution in [1.82, 2.24) is 15.2 Å². The van der Waals surface area contributed by atoms with E-state index in [0.29, 0.717) is 6.04 Å². The number of nitrogens with zero attached hydrogens (tertiary/aromatic N) is 2. The van der Waals surface area contributed by atoms with Gasteiger partial charge in [0.2, 0.25) is 0 Å². The molecule has 3 heteroatoms. The molecule has 112 valence electrons. The third-order valence-electron chi connectivity index (χ3n) is 4.75. The second-order valence-electron chi connectivity index (χ2n) is 6.21. The smallest absolute Gasteiger partial charge is 0.0705 e. The minimum absolute atomic E-state index is 0.595. The largest absolute Gasteiger partial charge is 0.317 e. The van der Waals surface area contributed by atoms with Crippen LogP contribution in [0.15, 0.2) is 36.4 Å². The molecule has 0 radical (unpaired) electrons. The highest BCUT2D eigenvalue weighted by atomic mass is 15.1. The van der Waals surface area contributed by atoms with Crippen LogP contribution >= 0.6 is 0 Å². The summed E-state index contributed by atoms with van der Waals surface area (Å²) in [7, 11) is 2.06. The lowest BCUT2D eigenvalue weighted by Gasteiger charge is -2.35. The fraction of sp³-hybridized carbons (Fsp3) is 0.500. The van der Waals surface area contributed by atoms with E-state index in [-0.39, 0.29) is 0 Å². The number of aromatic nitrogens is 1. The Morgan fingerprint density at radius 1 is 1.29 bits per heavy atom. The average molecular weight is 283 g/mol. The van der Waals surface area contributed by atoms with Crippen molar-refractivity contribution in [3.05, 3.63) is 42.1 Å². The summed E-state index contributed by atoms with van der Waals surface area (Å²) in [5.74, 6) is 0.754. The van der Waals surface area contributed by atoms with Crippen molar-refractivity contribution in [2.75, 3.05) is 20.1 Å². The lowest BCUT2D eigenvalue weighted by atomic mass is 9.91. The fourth-order valence-electron chi connectivity index (χ4n) is 3.30. The molecular formula is C18H25N3. The summed E-state index contributed by atoms with van der Waals surface area (Å²) in [6, 6.07) is 13.3. The van der Waals surface area contributed by atoms with Crippen LogP contribution in [0, 0.1) is 5.92 Å². The molecule has 21 heavy (non-hydrogen) atoms. The van der Waals surface area contributed by atoms with Crippen LogP contribution in [0.25, 0.3) is 10.9 Å². The highest BCUT2D eigenvalue weighted by Crippen LogP contribution is 2.21. The Morgan fingerprint density at radius 3 is 3.00 bits per heavy atom. The number of rotatable bonds is 4. The molecule has 1 saturated heterocycles. The van der Waals surface area contributed by atoms with Crippen molar-refractivity contribution in [3.8, 4) is 0 Å². The molecular weight excluding hydrogens is 258 g/mol. The summed E-state index contributed by atoms with van der Waals surface area (Å²) in [4.78, 5) is 7.36.